The van der Waals surface area contributed by atoms with Crippen LogP contribution in [0.2, 0.25) is 0 Å². The predicted octanol–water partition coefficient (Wildman–Crippen LogP) is 4.48. The molecule has 0 saturated carbocycles. The van der Waals surface area contributed by atoms with Crippen molar-refractivity contribution in [3.8, 4) is 11.5 Å². The third-order valence-electron chi connectivity index (χ3n) is 4.15. The van der Waals surface area contributed by atoms with Gasteiger partial charge in [0.25, 0.3) is 5.56 Å². The third kappa shape index (κ3) is 3.51. The highest BCUT2D eigenvalue weighted by Crippen LogP contribution is 2.36. The Morgan fingerprint density at radius 1 is 1.22 bits per heavy atom. The van der Waals surface area contributed by atoms with Gasteiger partial charge in [0.2, 0.25) is 6.79 Å². The second-order valence-corrected chi connectivity index (χ2v) is 7.80. The van der Waals surface area contributed by atoms with Crippen LogP contribution in [0, 0.1) is 0 Å². The number of hydrogen-bond donors (Lipinski definition) is 0. The molecule has 0 N–H and O–H groups in total. The van der Waals surface area contributed by atoms with Crippen LogP contribution >= 0.6 is 31.9 Å². The summed E-state index contributed by atoms with van der Waals surface area (Å²) in [6, 6.07) is 9.13. The number of aryl methyl sites for hydroxylation is 1. The molecule has 0 spiro atoms. The number of halogens is 2. The number of ether oxygens (including phenoxy) is 2. The maximum absolute atomic E-state index is 13.0. The first-order valence-corrected chi connectivity index (χ1v) is 10.00. The minimum atomic E-state index is -0.196. The number of hydrogen-bond acceptors (Lipinski definition) is 5. The highest BCUT2D eigenvalue weighted by molar-refractivity contribution is 9.10. The highest BCUT2D eigenvalue weighted by atomic mass is 79.9. The third-order valence-corrected chi connectivity index (χ3v) is 5.33. The van der Waals surface area contributed by atoms with Crippen LogP contribution in [-0.2, 0) is 6.42 Å². The van der Waals surface area contributed by atoms with Crippen molar-refractivity contribution in [2.24, 2.45) is 5.10 Å². The summed E-state index contributed by atoms with van der Waals surface area (Å²) in [5.41, 5.74) is 1.25. The van der Waals surface area contributed by atoms with E-state index in [1.165, 1.54) is 4.68 Å². The Balaban J connectivity index is 1.83. The van der Waals surface area contributed by atoms with Gasteiger partial charge in [0.05, 0.1) is 17.1 Å². The van der Waals surface area contributed by atoms with Gasteiger partial charge in [-0.15, -0.1) is 0 Å². The van der Waals surface area contributed by atoms with Gasteiger partial charge in [-0.1, -0.05) is 22.9 Å². The summed E-state index contributed by atoms with van der Waals surface area (Å²) in [5, 5.41) is 4.96. The zero-order valence-electron chi connectivity index (χ0n) is 14.4. The maximum atomic E-state index is 13.0. The standard InChI is InChI=1S/C19H15Br2N3O3/c1-2-3-18-23-15-5-4-12(20)7-13(15)19(25)24(18)22-9-11-6-16-17(8-14(11)21)27-10-26-16/h4-9H,2-3,10H2,1H3. The average Bonchev–Trinajstić information content (AvgIpc) is 3.09. The van der Waals surface area contributed by atoms with Crippen LogP contribution in [0.4, 0.5) is 0 Å². The molecule has 0 bridgehead atoms. The Morgan fingerprint density at radius 2 is 2.00 bits per heavy atom. The lowest BCUT2D eigenvalue weighted by molar-refractivity contribution is 0.174. The molecule has 0 aliphatic carbocycles. The number of rotatable bonds is 4. The van der Waals surface area contributed by atoms with E-state index in [4.69, 9.17) is 9.47 Å². The first-order valence-electron chi connectivity index (χ1n) is 8.41. The molecule has 0 fully saturated rings. The number of fused-ring (bicyclic) bond motifs is 2. The summed E-state index contributed by atoms with van der Waals surface area (Å²) in [5.74, 6) is 1.96. The zero-order chi connectivity index (χ0) is 19.0. The Bertz CT molecular complexity index is 1130. The van der Waals surface area contributed by atoms with Crippen molar-refractivity contribution in [3.05, 3.63) is 61.0 Å². The molecule has 27 heavy (non-hydrogen) atoms. The lowest BCUT2D eigenvalue weighted by Crippen LogP contribution is -2.22. The van der Waals surface area contributed by atoms with E-state index in [2.05, 4.69) is 41.9 Å². The molecule has 3 aromatic rings. The minimum Gasteiger partial charge on any atom is -0.454 e. The maximum Gasteiger partial charge on any atom is 0.282 e. The zero-order valence-corrected chi connectivity index (χ0v) is 17.6. The fourth-order valence-corrected chi connectivity index (χ4v) is 3.64. The first-order chi connectivity index (χ1) is 13.1. The van der Waals surface area contributed by atoms with Crippen molar-refractivity contribution in [3.63, 3.8) is 0 Å². The first kappa shape index (κ1) is 18.2. The van der Waals surface area contributed by atoms with E-state index in [1.807, 2.05) is 31.2 Å². The average molecular weight is 493 g/mol. The Kier molecular flexibility index (Phi) is 5.01. The van der Waals surface area contributed by atoms with E-state index in [9.17, 15) is 4.79 Å². The van der Waals surface area contributed by atoms with Crippen molar-refractivity contribution in [1.82, 2.24) is 9.66 Å². The van der Waals surface area contributed by atoms with Gasteiger partial charge in [0, 0.05) is 20.9 Å². The van der Waals surface area contributed by atoms with Crippen molar-refractivity contribution in [2.75, 3.05) is 6.79 Å². The molecule has 1 aliphatic heterocycles. The number of nitrogens with zero attached hydrogens (tertiary/aromatic N) is 3. The van der Waals surface area contributed by atoms with Crippen molar-refractivity contribution < 1.29 is 9.47 Å². The van der Waals surface area contributed by atoms with Crippen molar-refractivity contribution in [1.29, 1.82) is 0 Å². The van der Waals surface area contributed by atoms with Gasteiger partial charge in [-0.05, 0) is 52.7 Å². The molecule has 0 unspecified atom stereocenters. The molecule has 0 amide bonds. The topological polar surface area (TPSA) is 65.7 Å². The van der Waals surface area contributed by atoms with Crippen LogP contribution in [0.1, 0.15) is 24.7 Å². The van der Waals surface area contributed by atoms with Crippen molar-refractivity contribution >= 4 is 49.0 Å². The van der Waals surface area contributed by atoms with Crippen LogP contribution < -0.4 is 15.0 Å². The van der Waals surface area contributed by atoms with Crippen LogP contribution in [0.25, 0.3) is 10.9 Å². The lowest BCUT2D eigenvalue weighted by Gasteiger charge is -2.09. The summed E-state index contributed by atoms with van der Waals surface area (Å²) < 4.78 is 13.8. The van der Waals surface area contributed by atoms with Gasteiger partial charge in [0.1, 0.15) is 5.82 Å². The Labute approximate surface area is 172 Å². The molecule has 2 heterocycles. The minimum absolute atomic E-state index is 0.196. The Hall–Kier alpha value is -2.19. The molecular formula is C19H15Br2N3O3. The molecule has 138 valence electrons. The van der Waals surface area contributed by atoms with Crippen molar-refractivity contribution in [2.45, 2.75) is 19.8 Å². The SMILES string of the molecule is CCCc1nc2ccc(Br)cc2c(=O)n1N=Cc1cc2c(cc1Br)OCO2. The van der Waals surface area contributed by atoms with E-state index in [-0.39, 0.29) is 12.4 Å². The molecule has 0 saturated heterocycles. The van der Waals surface area contributed by atoms with Gasteiger partial charge >= 0.3 is 0 Å². The highest BCUT2D eigenvalue weighted by Gasteiger charge is 2.16. The van der Waals surface area contributed by atoms with Crippen LogP contribution in [-0.4, -0.2) is 22.7 Å². The summed E-state index contributed by atoms with van der Waals surface area (Å²) in [7, 11) is 0. The van der Waals surface area contributed by atoms with Crippen LogP contribution in [0.5, 0.6) is 11.5 Å². The van der Waals surface area contributed by atoms with Crippen LogP contribution in [0.3, 0.4) is 0 Å². The summed E-state index contributed by atoms with van der Waals surface area (Å²) in [6.45, 7) is 2.24. The van der Waals surface area contributed by atoms with Gasteiger partial charge < -0.3 is 9.47 Å². The Morgan fingerprint density at radius 3 is 2.78 bits per heavy atom. The smallest absolute Gasteiger partial charge is 0.282 e. The number of aromatic nitrogens is 2. The second kappa shape index (κ2) is 7.44. The number of benzene rings is 2. The quantitative estimate of drug-likeness (QED) is 0.503. The van der Waals surface area contributed by atoms with Crippen LogP contribution in [0.15, 0.2) is 49.2 Å². The fourth-order valence-electron chi connectivity index (χ4n) is 2.85. The molecule has 0 radical (unpaired) electrons. The van der Waals surface area contributed by atoms with E-state index in [1.54, 1.807) is 12.3 Å². The van der Waals surface area contributed by atoms with E-state index in [0.717, 1.165) is 20.9 Å². The van der Waals surface area contributed by atoms with E-state index < -0.39 is 0 Å². The van der Waals surface area contributed by atoms with E-state index in [0.29, 0.717) is 34.6 Å². The largest absolute Gasteiger partial charge is 0.454 e. The normalized spacial score (nSPS) is 13.0. The lowest BCUT2D eigenvalue weighted by atomic mass is 10.2. The molecular weight excluding hydrogens is 478 g/mol. The molecule has 8 heteroatoms. The molecule has 0 atom stereocenters. The molecule has 1 aromatic heterocycles. The molecule has 4 rings (SSSR count). The van der Waals surface area contributed by atoms with Gasteiger partial charge in [-0.3, -0.25) is 4.79 Å². The summed E-state index contributed by atoms with van der Waals surface area (Å²) in [4.78, 5) is 17.6. The molecule has 6 nitrogen and oxygen atoms in total. The monoisotopic (exact) mass is 491 g/mol. The molecule has 1 aliphatic rings. The van der Waals surface area contributed by atoms with Gasteiger partial charge in [-0.2, -0.15) is 9.78 Å². The van der Waals surface area contributed by atoms with Gasteiger partial charge in [0.15, 0.2) is 11.5 Å². The van der Waals surface area contributed by atoms with Gasteiger partial charge in [-0.25, -0.2) is 4.98 Å². The summed E-state index contributed by atoms with van der Waals surface area (Å²) in [6.07, 6.45) is 3.14. The predicted molar refractivity (Wildman–Crippen MR) is 111 cm³/mol. The fraction of sp³-hybridized carbons (Fsp3) is 0.211. The summed E-state index contributed by atoms with van der Waals surface area (Å²) >= 11 is 6.91. The van der Waals surface area contributed by atoms with E-state index >= 15 is 0 Å². The molecule has 2 aromatic carbocycles. The second-order valence-electron chi connectivity index (χ2n) is 6.03.